The van der Waals surface area contributed by atoms with Crippen molar-refractivity contribution in [3.05, 3.63) is 70.5 Å². The van der Waals surface area contributed by atoms with E-state index in [0.29, 0.717) is 17.9 Å². The summed E-state index contributed by atoms with van der Waals surface area (Å²) in [7, 11) is 1.56. The highest BCUT2D eigenvalue weighted by molar-refractivity contribution is 9.10. The summed E-state index contributed by atoms with van der Waals surface area (Å²) in [5.41, 5.74) is 1.49. The molecule has 0 aliphatic rings. The molecule has 0 aliphatic carbocycles. The molecule has 1 aromatic heterocycles. The first-order valence-corrected chi connectivity index (χ1v) is 10.5. The first kappa shape index (κ1) is 22.5. The fraction of sp³-hybridized carbons (Fsp3) is 0.273. The molecule has 0 aliphatic heterocycles. The smallest absolute Gasteiger partial charge is 0.251 e. The predicted molar refractivity (Wildman–Crippen MR) is 121 cm³/mol. The Bertz CT molecular complexity index is 1030. The Morgan fingerprint density at radius 3 is 2.39 bits per heavy atom. The molecule has 1 atom stereocenters. The molecule has 2 amide bonds. The molecule has 31 heavy (non-hydrogen) atoms. The summed E-state index contributed by atoms with van der Waals surface area (Å²) in [6.07, 6.45) is 1.55. The monoisotopic (exact) mass is 485 g/mol. The molecule has 3 rings (SSSR count). The van der Waals surface area contributed by atoms with Gasteiger partial charge in [-0.15, -0.1) is 5.10 Å². The van der Waals surface area contributed by atoms with Gasteiger partial charge in [0.2, 0.25) is 11.9 Å². The standard InChI is InChI=1S/C22H24BrN5O3/c1-14(2)19(25-20(29)16-6-10-18(31-3)11-7-16)21(30)26-22-24-13-28(27-22)12-15-4-8-17(23)9-5-15/h4-11,13-14,19H,12H2,1-3H3,(H,25,29)(H,26,27,30). The van der Waals surface area contributed by atoms with E-state index in [1.165, 1.54) is 0 Å². The number of amides is 2. The van der Waals surface area contributed by atoms with Gasteiger partial charge in [0.1, 0.15) is 18.1 Å². The number of benzene rings is 2. The van der Waals surface area contributed by atoms with Crippen LogP contribution in [0.15, 0.2) is 59.3 Å². The molecule has 3 aromatic rings. The van der Waals surface area contributed by atoms with E-state index >= 15 is 0 Å². The zero-order valence-electron chi connectivity index (χ0n) is 17.5. The molecule has 1 heterocycles. The summed E-state index contributed by atoms with van der Waals surface area (Å²) in [5.74, 6) is -0.0125. The SMILES string of the molecule is COc1ccc(C(=O)NC(C(=O)Nc2ncn(Cc3ccc(Br)cc3)n2)C(C)C)cc1. The van der Waals surface area contributed by atoms with Crippen LogP contribution in [0.3, 0.4) is 0 Å². The van der Waals surface area contributed by atoms with Gasteiger partial charge >= 0.3 is 0 Å². The van der Waals surface area contributed by atoms with E-state index in [2.05, 4.69) is 36.6 Å². The minimum absolute atomic E-state index is 0.132. The van der Waals surface area contributed by atoms with E-state index in [1.807, 2.05) is 38.1 Å². The summed E-state index contributed by atoms with van der Waals surface area (Å²) in [5, 5.41) is 9.77. The lowest BCUT2D eigenvalue weighted by Crippen LogP contribution is -2.47. The van der Waals surface area contributed by atoms with Crippen molar-refractivity contribution in [3.63, 3.8) is 0 Å². The van der Waals surface area contributed by atoms with Crippen LogP contribution in [-0.2, 0) is 11.3 Å². The van der Waals surface area contributed by atoms with Crippen molar-refractivity contribution in [2.75, 3.05) is 12.4 Å². The third kappa shape index (κ3) is 6.14. The first-order chi connectivity index (χ1) is 14.9. The lowest BCUT2D eigenvalue weighted by Gasteiger charge is -2.21. The fourth-order valence-corrected chi connectivity index (χ4v) is 3.16. The summed E-state index contributed by atoms with van der Waals surface area (Å²) in [6, 6.07) is 13.8. The summed E-state index contributed by atoms with van der Waals surface area (Å²) in [4.78, 5) is 29.5. The van der Waals surface area contributed by atoms with Gasteiger partial charge in [-0.05, 0) is 47.9 Å². The predicted octanol–water partition coefficient (Wildman–Crippen LogP) is 3.49. The van der Waals surface area contributed by atoms with E-state index in [9.17, 15) is 9.59 Å². The molecule has 0 spiro atoms. The van der Waals surface area contributed by atoms with Gasteiger partial charge in [0.25, 0.3) is 5.91 Å². The van der Waals surface area contributed by atoms with Crippen molar-refractivity contribution in [1.29, 1.82) is 0 Å². The molecule has 1 unspecified atom stereocenters. The summed E-state index contributed by atoms with van der Waals surface area (Å²) >= 11 is 3.41. The van der Waals surface area contributed by atoms with Crippen LogP contribution in [0.2, 0.25) is 0 Å². The average Bonchev–Trinajstić information content (AvgIpc) is 3.19. The molecular formula is C22H24BrN5O3. The highest BCUT2D eigenvalue weighted by atomic mass is 79.9. The van der Waals surface area contributed by atoms with E-state index in [-0.39, 0.29) is 23.7 Å². The first-order valence-electron chi connectivity index (χ1n) is 9.75. The van der Waals surface area contributed by atoms with Gasteiger partial charge in [-0.3, -0.25) is 14.9 Å². The molecule has 0 saturated carbocycles. The lowest BCUT2D eigenvalue weighted by atomic mass is 10.0. The van der Waals surface area contributed by atoms with Gasteiger partial charge in [-0.2, -0.15) is 0 Å². The van der Waals surface area contributed by atoms with Crippen molar-refractivity contribution in [2.24, 2.45) is 5.92 Å². The molecule has 0 bridgehead atoms. The number of halogens is 1. The van der Waals surface area contributed by atoms with Crippen molar-refractivity contribution < 1.29 is 14.3 Å². The molecule has 8 nitrogen and oxygen atoms in total. The molecule has 0 radical (unpaired) electrons. The molecular weight excluding hydrogens is 462 g/mol. The summed E-state index contributed by atoms with van der Waals surface area (Å²) in [6.45, 7) is 4.24. The van der Waals surface area contributed by atoms with Crippen LogP contribution in [0.5, 0.6) is 5.75 Å². The number of ether oxygens (including phenoxy) is 1. The lowest BCUT2D eigenvalue weighted by molar-refractivity contribution is -0.118. The number of carbonyl (C=O) groups is 2. The van der Waals surface area contributed by atoms with E-state index in [4.69, 9.17) is 4.74 Å². The molecule has 0 saturated heterocycles. The highest BCUT2D eigenvalue weighted by Crippen LogP contribution is 2.14. The van der Waals surface area contributed by atoms with Crippen LogP contribution in [0.25, 0.3) is 0 Å². The van der Waals surface area contributed by atoms with Gasteiger partial charge in [-0.25, -0.2) is 9.67 Å². The van der Waals surface area contributed by atoms with Crippen LogP contribution in [0, 0.1) is 5.92 Å². The Labute approximate surface area is 189 Å². The van der Waals surface area contributed by atoms with Crippen LogP contribution < -0.4 is 15.4 Å². The average molecular weight is 486 g/mol. The van der Waals surface area contributed by atoms with Crippen LogP contribution >= 0.6 is 15.9 Å². The van der Waals surface area contributed by atoms with E-state index < -0.39 is 6.04 Å². The Kier molecular flexibility index (Phi) is 7.41. The van der Waals surface area contributed by atoms with Gasteiger partial charge in [0.15, 0.2) is 0 Å². The number of nitrogens with one attached hydrogen (secondary N) is 2. The maximum atomic E-state index is 12.8. The Balaban J connectivity index is 1.63. The van der Waals surface area contributed by atoms with Crippen molar-refractivity contribution in [2.45, 2.75) is 26.4 Å². The third-order valence-corrected chi connectivity index (χ3v) is 5.15. The number of rotatable bonds is 8. The molecule has 2 aromatic carbocycles. The van der Waals surface area contributed by atoms with Gasteiger partial charge < -0.3 is 10.1 Å². The van der Waals surface area contributed by atoms with Gasteiger partial charge in [-0.1, -0.05) is 41.9 Å². The number of methoxy groups -OCH3 is 1. The minimum atomic E-state index is -0.743. The zero-order valence-corrected chi connectivity index (χ0v) is 19.1. The largest absolute Gasteiger partial charge is 0.497 e. The molecule has 2 N–H and O–H groups in total. The normalized spacial score (nSPS) is 11.8. The molecule has 162 valence electrons. The topological polar surface area (TPSA) is 98.1 Å². The quantitative estimate of drug-likeness (QED) is 0.508. The second-order valence-corrected chi connectivity index (χ2v) is 8.22. The Morgan fingerprint density at radius 1 is 1.10 bits per heavy atom. The zero-order chi connectivity index (χ0) is 22.4. The van der Waals surface area contributed by atoms with Crippen molar-refractivity contribution in [3.8, 4) is 5.75 Å². The van der Waals surface area contributed by atoms with E-state index in [1.54, 1.807) is 42.4 Å². The number of hydrogen-bond acceptors (Lipinski definition) is 5. The minimum Gasteiger partial charge on any atom is -0.497 e. The van der Waals surface area contributed by atoms with Crippen LogP contribution in [0.1, 0.15) is 29.8 Å². The molecule has 9 heteroatoms. The van der Waals surface area contributed by atoms with E-state index in [0.717, 1.165) is 10.0 Å². The maximum Gasteiger partial charge on any atom is 0.251 e. The van der Waals surface area contributed by atoms with Crippen molar-refractivity contribution >= 4 is 33.7 Å². The summed E-state index contributed by atoms with van der Waals surface area (Å²) < 4.78 is 7.74. The third-order valence-electron chi connectivity index (χ3n) is 4.62. The highest BCUT2D eigenvalue weighted by Gasteiger charge is 2.25. The second kappa shape index (κ2) is 10.2. The van der Waals surface area contributed by atoms with Gasteiger partial charge in [0.05, 0.1) is 13.7 Å². The maximum absolute atomic E-state index is 12.8. The number of aromatic nitrogens is 3. The Morgan fingerprint density at radius 2 is 1.77 bits per heavy atom. The number of hydrogen-bond donors (Lipinski definition) is 2. The number of carbonyl (C=O) groups excluding carboxylic acids is 2. The number of anilines is 1. The van der Waals surface area contributed by atoms with Crippen molar-refractivity contribution in [1.82, 2.24) is 20.1 Å². The Hall–Kier alpha value is -3.20. The van der Waals surface area contributed by atoms with Gasteiger partial charge in [0, 0.05) is 10.0 Å². The fourth-order valence-electron chi connectivity index (χ4n) is 2.89. The second-order valence-electron chi connectivity index (χ2n) is 7.31. The molecule has 0 fully saturated rings. The van der Waals surface area contributed by atoms with Crippen LogP contribution in [0.4, 0.5) is 5.95 Å². The number of nitrogens with zero attached hydrogens (tertiary/aromatic N) is 3. The van der Waals surface area contributed by atoms with Crippen LogP contribution in [-0.4, -0.2) is 39.7 Å².